The number of rotatable bonds is 13. The number of nitrogens with one attached hydrogen (secondary N) is 1. The topological polar surface area (TPSA) is 54.0 Å². The summed E-state index contributed by atoms with van der Waals surface area (Å²) >= 11 is 0. The van der Waals surface area contributed by atoms with Crippen molar-refractivity contribution < 1.29 is 39.1 Å². The molecule has 0 unspecified atom stereocenters. The highest BCUT2D eigenvalue weighted by molar-refractivity contribution is 5.95. The van der Waals surface area contributed by atoms with E-state index >= 15 is 0 Å². The molecule has 0 bridgehead atoms. The molecular weight excluding hydrogens is 449 g/mol. The van der Waals surface area contributed by atoms with Gasteiger partial charge < -0.3 is 49.4 Å². The summed E-state index contributed by atoms with van der Waals surface area (Å²) in [5, 5.41) is 2.97. The highest BCUT2D eigenvalue weighted by atomic mass is 35.5. The molecule has 32 heavy (non-hydrogen) atoms. The van der Waals surface area contributed by atoms with Gasteiger partial charge in [-0.15, -0.1) is 0 Å². The van der Waals surface area contributed by atoms with Crippen LogP contribution < -0.4 is 39.6 Å². The Morgan fingerprint density at radius 2 is 1.41 bits per heavy atom. The second kappa shape index (κ2) is 16.6. The molecule has 180 valence electrons. The Morgan fingerprint density at radius 3 is 2.00 bits per heavy atom. The van der Waals surface area contributed by atoms with Gasteiger partial charge in [0.2, 0.25) is 0 Å². The molecule has 0 saturated carbocycles. The first-order valence-electron chi connectivity index (χ1n) is 10.4. The summed E-state index contributed by atoms with van der Waals surface area (Å²) in [4.78, 5) is 17.1. The molecule has 0 fully saturated rings. The first-order chi connectivity index (χ1) is 14.5. The van der Waals surface area contributed by atoms with Crippen molar-refractivity contribution in [3.05, 3.63) is 59.7 Å². The van der Waals surface area contributed by atoms with Crippen LogP contribution in [0.1, 0.15) is 28.8 Å². The number of benzene rings is 2. The zero-order valence-electron chi connectivity index (χ0n) is 19.4. The number of ether oxygens (including phenoxy) is 2. The second-order valence-corrected chi connectivity index (χ2v) is 7.59. The standard InChI is InChI=1S/C24H35N3O3.2ClH/c1-26(14-9-15-27(2)19-20-10-6-5-7-11-20)13-8-12-25-24(28)21-16-22(29-3)18-23(17-21)30-4;;/h5-7,10-11,16-18H,8-9,12-15,19H2,1-4H3,(H,25,28);2*1H/p-2. The maximum atomic E-state index is 12.4. The SMILES string of the molecule is COc1cc(OC)cc(C(=O)NCCCN(C)CCCN(C)Cc2ccccc2)c1.[Cl-].[Cl-]. The van der Waals surface area contributed by atoms with Crippen LogP contribution in [0.15, 0.2) is 48.5 Å². The fourth-order valence-electron chi connectivity index (χ4n) is 3.29. The van der Waals surface area contributed by atoms with Gasteiger partial charge in [-0.3, -0.25) is 4.79 Å². The summed E-state index contributed by atoms with van der Waals surface area (Å²) in [6, 6.07) is 15.7. The van der Waals surface area contributed by atoms with Crippen molar-refractivity contribution in [2.24, 2.45) is 0 Å². The lowest BCUT2D eigenvalue weighted by atomic mass is 10.2. The van der Waals surface area contributed by atoms with E-state index in [9.17, 15) is 4.79 Å². The van der Waals surface area contributed by atoms with Gasteiger partial charge >= 0.3 is 0 Å². The molecule has 0 aliphatic heterocycles. The summed E-state index contributed by atoms with van der Waals surface area (Å²) in [5.74, 6) is 1.10. The van der Waals surface area contributed by atoms with E-state index in [1.807, 2.05) is 0 Å². The molecular formula is C24H35Cl2N3O3-2. The number of nitrogens with zero attached hydrogens (tertiary/aromatic N) is 2. The normalized spacial score (nSPS) is 10.3. The highest BCUT2D eigenvalue weighted by Gasteiger charge is 2.09. The molecule has 2 aromatic carbocycles. The van der Waals surface area contributed by atoms with Crippen molar-refractivity contribution in [3.8, 4) is 11.5 Å². The summed E-state index contributed by atoms with van der Waals surface area (Å²) in [7, 11) is 7.44. The van der Waals surface area contributed by atoms with Crippen molar-refractivity contribution >= 4 is 5.91 Å². The summed E-state index contributed by atoms with van der Waals surface area (Å²) < 4.78 is 10.4. The van der Waals surface area contributed by atoms with Crippen molar-refractivity contribution in [2.45, 2.75) is 19.4 Å². The molecule has 2 aromatic rings. The third kappa shape index (κ3) is 11.0. The number of carbonyl (C=O) groups is 1. The number of carbonyl (C=O) groups excluding carboxylic acids is 1. The van der Waals surface area contributed by atoms with Gasteiger partial charge in [-0.05, 0) is 64.3 Å². The van der Waals surface area contributed by atoms with E-state index < -0.39 is 0 Å². The van der Waals surface area contributed by atoms with Gasteiger partial charge in [0.1, 0.15) is 11.5 Å². The predicted octanol–water partition coefficient (Wildman–Crippen LogP) is -2.71. The number of hydrogen-bond donors (Lipinski definition) is 1. The number of amides is 1. The molecule has 2 rings (SSSR count). The third-order valence-electron chi connectivity index (χ3n) is 4.99. The van der Waals surface area contributed by atoms with E-state index in [2.05, 4.69) is 59.5 Å². The van der Waals surface area contributed by atoms with Gasteiger partial charge in [0.25, 0.3) is 5.91 Å². The van der Waals surface area contributed by atoms with Crippen LogP contribution in [0, 0.1) is 0 Å². The van der Waals surface area contributed by atoms with E-state index in [1.165, 1.54) is 5.56 Å². The smallest absolute Gasteiger partial charge is 0.251 e. The minimum atomic E-state index is -0.114. The van der Waals surface area contributed by atoms with Crippen LogP contribution in [0.5, 0.6) is 11.5 Å². The molecule has 0 aliphatic carbocycles. The molecule has 0 heterocycles. The fraction of sp³-hybridized carbons (Fsp3) is 0.458. The largest absolute Gasteiger partial charge is 1.00 e. The molecule has 0 spiro atoms. The summed E-state index contributed by atoms with van der Waals surface area (Å²) in [5.41, 5.74) is 1.89. The van der Waals surface area contributed by atoms with Crippen molar-refractivity contribution in [3.63, 3.8) is 0 Å². The molecule has 1 N–H and O–H groups in total. The summed E-state index contributed by atoms with van der Waals surface area (Å²) in [6.45, 7) is 4.67. The summed E-state index contributed by atoms with van der Waals surface area (Å²) in [6.07, 6.45) is 2.03. The van der Waals surface area contributed by atoms with Gasteiger partial charge in [-0.2, -0.15) is 0 Å². The number of hydrogen-bond acceptors (Lipinski definition) is 5. The van der Waals surface area contributed by atoms with Gasteiger partial charge in [0.05, 0.1) is 14.2 Å². The molecule has 0 aromatic heterocycles. The van der Waals surface area contributed by atoms with Crippen LogP contribution in [0.25, 0.3) is 0 Å². The molecule has 6 nitrogen and oxygen atoms in total. The van der Waals surface area contributed by atoms with Crippen LogP contribution in [0.3, 0.4) is 0 Å². The van der Waals surface area contributed by atoms with Gasteiger partial charge in [0.15, 0.2) is 0 Å². The van der Waals surface area contributed by atoms with E-state index in [-0.39, 0.29) is 30.7 Å². The average Bonchev–Trinajstić information content (AvgIpc) is 2.76. The van der Waals surface area contributed by atoms with E-state index in [4.69, 9.17) is 9.47 Å². The zero-order valence-corrected chi connectivity index (χ0v) is 21.0. The van der Waals surface area contributed by atoms with Crippen molar-refractivity contribution in [1.29, 1.82) is 0 Å². The van der Waals surface area contributed by atoms with Crippen LogP contribution in [0.2, 0.25) is 0 Å². The first-order valence-corrected chi connectivity index (χ1v) is 10.4. The van der Waals surface area contributed by atoms with Gasteiger partial charge in [0, 0.05) is 24.7 Å². The monoisotopic (exact) mass is 483 g/mol. The van der Waals surface area contributed by atoms with E-state index in [1.54, 1.807) is 32.4 Å². The number of halogens is 2. The lowest BCUT2D eigenvalue weighted by Gasteiger charge is -2.20. The molecule has 0 atom stereocenters. The first kappa shape index (κ1) is 30.0. The lowest BCUT2D eigenvalue weighted by molar-refractivity contribution is -0.00100. The van der Waals surface area contributed by atoms with E-state index in [0.717, 1.165) is 39.0 Å². The maximum Gasteiger partial charge on any atom is 0.251 e. The molecule has 0 radical (unpaired) electrons. The minimum Gasteiger partial charge on any atom is -1.00 e. The zero-order chi connectivity index (χ0) is 21.8. The van der Waals surface area contributed by atoms with Crippen molar-refractivity contribution in [1.82, 2.24) is 15.1 Å². The third-order valence-corrected chi connectivity index (χ3v) is 4.99. The molecule has 1 amide bonds. The second-order valence-electron chi connectivity index (χ2n) is 7.59. The van der Waals surface area contributed by atoms with Crippen molar-refractivity contribution in [2.75, 3.05) is 54.5 Å². The Morgan fingerprint density at radius 1 is 0.844 bits per heavy atom. The lowest BCUT2D eigenvalue weighted by Crippen LogP contribution is -3.00. The van der Waals surface area contributed by atoms with E-state index in [0.29, 0.717) is 23.6 Å². The quantitative estimate of drug-likeness (QED) is 0.314. The maximum absolute atomic E-state index is 12.4. The Balaban J connectivity index is 0.00000480. The molecule has 0 aliphatic rings. The highest BCUT2D eigenvalue weighted by Crippen LogP contribution is 2.22. The average molecular weight is 484 g/mol. The van der Waals surface area contributed by atoms with Gasteiger partial charge in [-0.1, -0.05) is 30.3 Å². The van der Waals surface area contributed by atoms with Crippen LogP contribution in [0.4, 0.5) is 0 Å². The van der Waals surface area contributed by atoms with Gasteiger partial charge in [-0.25, -0.2) is 0 Å². The Hall–Kier alpha value is -1.99. The van der Waals surface area contributed by atoms with Crippen LogP contribution in [-0.4, -0.2) is 70.2 Å². The van der Waals surface area contributed by atoms with Crippen LogP contribution in [-0.2, 0) is 6.54 Å². The Kier molecular flexibility index (Phi) is 15.6. The Labute approximate surface area is 205 Å². The Bertz CT molecular complexity index is 756. The molecule has 8 heteroatoms. The number of methoxy groups -OCH3 is 2. The predicted molar refractivity (Wildman–Crippen MR) is 121 cm³/mol. The molecule has 0 saturated heterocycles. The minimum absolute atomic E-state index is 0. The van der Waals surface area contributed by atoms with Crippen LogP contribution >= 0.6 is 0 Å². The fourth-order valence-corrected chi connectivity index (χ4v) is 3.29.